The third kappa shape index (κ3) is 1.59. The second kappa shape index (κ2) is 4.33. The Morgan fingerprint density at radius 2 is 1.50 bits per heavy atom. The number of rotatable bonds is 1. The van der Waals surface area contributed by atoms with Gasteiger partial charge < -0.3 is 0 Å². The minimum Gasteiger partial charge on any atom is -0.210 e. The van der Waals surface area contributed by atoms with Gasteiger partial charge in [-0.15, -0.1) is 20.4 Å². The third-order valence-electron chi connectivity index (χ3n) is 3.89. The van der Waals surface area contributed by atoms with Crippen LogP contribution in [0.15, 0.2) is 24.3 Å². The molecule has 3 aromatic heterocycles. The van der Waals surface area contributed by atoms with Crippen LogP contribution in [0.4, 0.5) is 4.39 Å². The topological polar surface area (TPSA) is 60.4 Å². The average molecular weight is 296 g/mol. The normalized spacial score (nSPS) is 11.6. The minimum absolute atomic E-state index is 0.220. The van der Waals surface area contributed by atoms with Crippen molar-refractivity contribution in [2.24, 2.45) is 0 Å². The molecule has 0 saturated carbocycles. The van der Waals surface area contributed by atoms with Crippen LogP contribution in [0.25, 0.3) is 22.7 Å². The Balaban J connectivity index is 2.14. The summed E-state index contributed by atoms with van der Waals surface area (Å²) in [5, 5.41) is 16.6. The molecule has 0 aliphatic heterocycles. The monoisotopic (exact) mass is 296 g/mol. The summed E-state index contributed by atoms with van der Waals surface area (Å²) in [6.45, 7) is 5.35. The van der Waals surface area contributed by atoms with Gasteiger partial charge in [0.25, 0.3) is 0 Å². The highest BCUT2D eigenvalue weighted by atomic mass is 19.1. The van der Waals surface area contributed by atoms with Crippen LogP contribution in [0.3, 0.4) is 0 Å². The maximum Gasteiger partial charge on any atom is 0.184 e. The van der Waals surface area contributed by atoms with Crippen LogP contribution in [0.2, 0.25) is 0 Å². The first-order chi connectivity index (χ1) is 10.6. The van der Waals surface area contributed by atoms with Crippen molar-refractivity contribution in [3.63, 3.8) is 0 Å². The smallest absolute Gasteiger partial charge is 0.184 e. The van der Waals surface area contributed by atoms with E-state index in [9.17, 15) is 4.39 Å². The fourth-order valence-corrected chi connectivity index (χ4v) is 2.70. The molecule has 4 aromatic rings. The molecule has 3 heterocycles. The fraction of sp³-hybridized carbons (Fsp3) is 0.200. The van der Waals surface area contributed by atoms with E-state index in [1.807, 2.05) is 34.2 Å². The van der Waals surface area contributed by atoms with Gasteiger partial charge in [-0.05, 0) is 44.0 Å². The van der Waals surface area contributed by atoms with Gasteiger partial charge in [0.05, 0.1) is 0 Å². The van der Waals surface area contributed by atoms with E-state index >= 15 is 0 Å². The predicted molar refractivity (Wildman–Crippen MR) is 79.1 cm³/mol. The summed E-state index contributed by atoms with van der Waals surface area (Å²) < 4.78 is 17.9. The zero-order chi connectivity index (χ0) is 15.4. The molecular formula is C15H13FN6. The Morgan fingerprint density at radius 1 is 0.818 bits per heavy atom. The molecule has 0 bridgehead atoms. The maximum atomic E-state index is 14.2. The summed E-state index contributed by atoms with van der Waals surface area (Å²) in [4.78, 5) is 0. The van der Waals surface area contributed by atoms with Crippen LogP contribution < -0.4 is 0 Å². The van der Waals surface area contributed by atoms with Crippen molar-refractivity contribution in [3.05, 3.63) is 47.0 Å². The second-order valence-electron chi connectivity index (χ2n) is 5.31. The Hall–Kier alpha value is -2.83. The van der Waals surface area contributed by atoms with E-state index in [0.29, 0.717) is 39.6 Å². The van der Waals surface area contributed by atoms with E-state index < -0.39 is 0 Å². The summed E-state index contributed by atoms with van der Waals surface area (Å²) in [5.74, 6) is 1.06. The summed E-state index contributed by atoms with van der Waals surface area (Å²) in [5.41, 5.74) is 3.22. The van der Waals surface area contributed by atoms with E-state index in [1.54, 1.807) is 19.9 Å². The van der Waals surface area contributed by atoms with Crippen LogP contribution in [-0.2, 0) is 0 Å². The van der Waals surface area contributed by atoms with Crippen molar-refractivity contribution in [1.29, 1.82) is 0 Å². The quantitative estimate of drug-likeness (QED) is 0.541. The highest BCUT2D eigenvalue weighted by Gasteiger charge is 2.17. The van der Waals surface area contributed by atoms with E-state index in [4.69, 9.17) is 0 Å². The number of halogens is 1. The average Bonchev–Trinajstić information content (AvgIpc) is 3.09. The molecule has 110 valence electrons. The maximum absolute atomic E-state index is 14.2. The fourth-order valence-electron chi connectivity index (χ4n) is 2.70. The van der Waals surface area contributed by atoms with Gasteiger partial charge in [0.15, 0.2) is 17.1 Å². The van der Waals surface area contributed by atoms with Gasteiger partial charge in [0.1, 0.15) is 11.6 Å². The molecule has 6 nitrogen and oxygen atoms in total. The molecule has 1 aromatic carbocycles. The lowest BCUT2D eigenvalue weighted by molar-refractivity contribution is 0.609. The number of hydrogen-bond acceptors (Lipinski definition) is 4. The molecule has 0 radical (unpaired) electrons. The number of aryl methyl sites for hydroxylation is 2. The van der Waals surface area contributed by atoms with Gasteiger partial charge in [-0.1, -0.05) is 12.1 Å². The first kappa shape index (κ1) is 12.9. The first-order valence-corrected chi connectivity index (χ1v) is 6.90. The molecule has 0 spiro atoms. The highest BCUT2D eigenvalue weighted by molar-refractivity contribution is 5.64. The highest BCUT2D eigenvalue weighted by Crippen LogP contribution is 2.26. The molecule has 0 aliphatic carbocycles. The zero-order valence-corrected chi connectivity index (χ0v) is 12.4. The summed E-state index contributed by atoms with van der Waals surface area (Å²) >= 11 is 0. The van der Waals surface area contributed by atoms with Crippen molar-refractivity contribution >= 4 is 11.3 Å². The molecule has 0 amide bonds. The van der Waals surface area contributed by atoms with E-state index in [0.717, 1.165) is 0 Å². The second-order valence-corrected chi connectivity index (χ2v) is 5.31. The SMILES string of the molecule is Cc1ccc(-c2nnc3ccc4nnc(C)n4n23)c(C)c1F. The first-order valence-electron chi connectivity index (χ1n) is 6.90. The van der Waals surface area contributed by atoms with Crippen molar-refractivity contribution in [2.75, 3.05) is 0 Å². The van der Waals surface area contributed by atoms with Gasteiger partial charge in [0, 0.05) is 5.56 Å². The Morgan fingerprint density at radius 3 is 2.27 bits per heavy atom. The Labute approximate surface area is 125 Å². The molecule has 22 heavy (non-hydrogen) atoms. The largest absolute Gasteiger partial charge is 0.210 e. The lowest BCUT2D eigenvalue weighted by Crippen LogP contribution is -2.05. The van der Waals surface area contributed by atoms with Crippen LogP contribution in [-0.4, -0.2) is 29.4 Å². The van der Waals surface area contributed by atoms with Crippen molar-refractivity contribution < 1.29 is 4.39 Å². The Bertz CT molecular complexity index is 1030. The number of hydrogen-bond donors (Lipinski definition) is 0. The van der Waals surface area contributed by atoms with Gasteiger partial charge in [-0.3, -0.25) is 0 Å². The third-order valence-corrected chi connectivity index (χ3v) is 3.89. The molecule has 0 fully saturated rings. The molecule has 4 rings (SSSR count). The van der Waals surface area contributed by atoms with E-state index in [1.165, 1.54) is 0 Å². The molecule has 0 N–H and O–H groups in total. The van der Waals surface area contributed by atoms with Crippen LogP contribution in [0.5, 0.6) is 0 Å². The summed E-state index contributed by atoms with van der Waals surface area (Å²) in [6.07, 6.45) is 0. The van der Waals surface area contributed by atoms with Gasteiger partial charge in [-0.25, -0.2) is 13.4 Å². The van der Waals surface area contributed by atoms with Crippen molar-refractivity contribution in [2.45, 2.75) is 20.8 Å². The molecule has 0 atom stereocenters. The van der Waals surface area contributed by atoms with Gasteiger partial charge >= 0.3 is 0 Å². The number of benzene rings is 1. The molecular weight excluding hydrogens is 283 g/mol. The standard InChI is InChI=1S/C15H13FN6/c1-8-4-5-11(9(2)14(8)16)15-20-19-13-7-6-12-18-17-10(3)21(12)22(13)15/h4-7H,1-3H3. The van der Waals surface area contributed by atoms with E-state index in [2.05, 4.69) is 20.4 Å². The molecule has 0 aliphatic rings. The van der Waals surface area contributed by atoms with E-state index in [-0.39, 0.29) is 5.82 Å². The molecule has 0 unspecified atom stereocenters. The van der Waals surface area contributed by atoms with Crippen LogP contribution >= 0.6 is 0 Å². The molecule has 7 heteroatoms. The number of fused-ring (bicyclic) bond motifs is 3. The number of nitrogens with zero attached hydrogens (tertiary/aromatic N) is 6. The van der Waals surface area contributed by atoms with Crippen molar-refractivity contribution in [1.82, 2.24) is 29.4 Å². The predicted octanol–water partition coefficient (Wildman–Crippen LogP) is 2.50. The summed E-state index contributed by atoms with van der Waals surface area (Å²) in [7, 11) is 0. The molecule has 0 saturated heterocycles. The minimum atomic E-state index is -0.220. The van der Waals surface area contributed by atoms with Gasteiger partial charge in [0.2, 0.25) is 0 Å². The van der Waals surface area contributed by atoms with Crippen LogP contribution in [0.1, 0.15) is 17.0 Å². The lowest BCUT2D eigenvalue weighted by Gasteiger charge is -2.09. The lowest BCUT2D eigenvalue weighted by atomic mass is 10.0. The van der Waals surface area contributed by atoms with Crippen LogP contribution in [0, 0.1) is 26.6 Å². The van der Waals surface area contributed by atoms with Crippen molar-refractivity contribution in [3.8, 4) is 11.4 Å². The number of aromatic nitrogens is 6. The Kier molecular flexibility index (Phi) is 2.53. The summed E-state index contributed by atoms with van der Waals surface area (Å²) in [6, 6.07) is 7.26. The zero-order valence-electron chi connectivity index (χ0n) is 12.4. The van der Waals surface area contributed by atoms with Gasteiger partial charge in [-0.2, -0.15) is 0 Å².